The molecule has 3 aromatic rings. The van der Waals surface area contributed by atoms with Crippen LogP contribution in [0.2, 0.25) is 0 Å². The zero-order valence-corrected chi connectivity index (χ0v) is 15.6. The van der Waals surface area contributed by atoms with E-state index in [2.05, 4.69) is 21.2 Å². The first-order chi connectivity index (χ1) is 12.7. The third-order valence-corrected chi connectivity index (χ3v) is 4.17. The molecule has 0 aliphatic heterocycles. The van der Waals surface area contributed by atoms with Crippen molar-refractivity contribution >= 4 is 33.6 Å². The summed E-state index contributed by atoms with van der Waals surface area (Å²) in [6, 6.07) is 25.1. The number of amides is 1. The number of hydrogen-bond donors (Lipinski definition) is 1. The molecule has 0 saturated heterocycles. The minimum Gasteiger partial charge on any atom is -0.489 e. The maximum atomic E-state index is 12.0. The van der Waals surface area contributed by atoms with Crippen molar-refractivity contribution in [3.05, 3.63) is 101 Å². The second-order valence-electron chi connectivity index (χ2n) is 5.68. The van der Waals surface area contributed by atoms with Crippen molar-refractivity contribution in [2.45, 2.75) is 6.61 Å². The van der Waals surface area contributed by atoms with Crippen LogP contribution in [0, 0.1) is 0 Å². The van der Waals surface area contributed by atoms with E-state index in [0.29, 0.717) is 6.61 Å². The fourth-order valence-corrected chi connectivity index (χ4v) is 2.60. The summed E-state index contributed by atoms with van der Waals surface area (Å²) in [6.07, 6.45) is 3.28. The molecule has 0 spiro atoms. The van der Waals surface area contributed by atoms with Gasteiger partial charge in [-0.05, 0) is 53.6 Å². The van der Waals surface area contributed by atoms with Gasteiger partial charge in [-0.3, -0.25) is 4.79 Å². The molecule has 0 saturated carbocycles. The second kappa shape index (κ2) is 9.02. The third kappa shape index (κ3) is 5.60. The van der Waals surface area contributed by atoms with Gasteiger partial charge in [0.05, 0.1) is 0 Å². The first-order valence-corrected chi connectivity index (χ1v) is 9.00. The van der Waals surface area contributed by atoms with Crippen LogP contribution in [0.5, 0.6) is 5.75 Å². The van der Waals surface area contributed by atoms with Crippen LogP contribution in [0.1, 0.15) is 11.1 Å². The van der Waals surface area contributed by atoms with Gasteiger partial charge in [0, 0.05) is 16.2 Å². The lowest BCUT2D eigenvalue weighted by molar-refractivity contribution is -0.111. The smallest absolute Gasteiger partial charge is 0.248 e. The van der Waals surface area contributed by atoms with Gasteiger partial charge in [-0.25, -0.2) is 0 Å². The molecule has 0 aliphatic rings. The molecular weight excluding hydrogens is 390 g/mol. The molecule has 1 N–H and O–H groups in total. The largest absolute Gasteiger partial charge is 0.489 e. The molecule has 4 heteroatoms. The van der Waals surface area contributed by atoms with Crippen LogP contribution in [0.4, 0.5) is 5.69 Å². The van der Waals surface area contributed by atoms with Crippen molar-refractivity contribution in [3.63, 3.8) is 0 Å². The number of carbonyl (C=O) groups is 1. The minimum absolute atomic E-state index is 0.178. The Morgan fingerprint density at radius 3 is 2.50 bits per heavy atom. The molecule has 130 valence electrons. The lowest BCUT2D eigenvalue weighted by atomic mass is 10.2. The monoisotopic (exact) mass is 407 g/mol. The Bertz CT molecular complexity index is 890. The Morgan fingerprint density at radius 1 is 0.962 bits per heavy atom. The van der Waals surface area contributed by atoms with Crippen molar-refractivity contribution in [1.29, 1.82) is 0 Å². The fraction of sp³-hybridized carbons (Fsp3) is 0.0455. The van der Waals surface area contributed by atoms with Crippen molar-refractivity contribution in [2.24, 2.45) is 0 Å². The quantitative estimate of drug-likeness (QED) is 0.533. The first-order valence-electron chi connectivity index (χ1n) is 8.20. The van der Waals surface area contributed by atoms with E-state index < -0.39 is 0 Å². The number of carbonyl (C=O) groups excluding carboxylic acids is 1. The molecule has 0 bridgehead atoms. The Morgan fingerprint density at radius 2 is 1.73 bits per heavy atom. The van der Waals surface area contributed by atoms with Crippen LogP contribution >= 0.6 is 15.9 Å². The number of halogens is 1. The van der Waals surface area contributed by atoms with Gasteiger partial charge in [0.1, 0.15) is 12.4 Å². The summed E-state index contributed by atoms with van der Waals surface area (Å²) in [4.78, 5) is 12.0. The summed E-state index contributed by atoms with van der Waals surface area (Å²) < 4.78 is 6.78. The second-order valence-corrected chi connectivity index (χ2v) is 6.59. The molecule has 0 aromatic heterocycles. The van der Waals surface area contributed by atoms with Crippen LogP contribution < -0.4 is 10.1 Å². The van der Waals surface area contributed by atoms with Gasteiger partial charge in [0.2, 0.25) is 5.91 Å². The average molecular weight is 408 g/mol. The molecule has 0 aliphatic carbocycles. The maximum Gasteiger partial charge on any atom is 0.248 e. The van der Waals surface area contributed by atoms with Crippen molar-refractivity contribution < 1.29 is 9.53 Å². The Kier molecular flexibility index (Phi) is 6.23. The molecule has 1 amide bonds. The summed E-state index contributed by atoms with van der Waals surface area (Å²) in [7, 11) is 0. The van der Waals surface area contributed by atoms with Crippen LogP contribution in [0.3, 0.4) is 0 Å². The topological polar surface area (TPSA) is 38.3 Å². The van der Waals surface area contributed by atoms with E-state index >= 15 is 0 Å². The summed E-state index contributed by atoms with van der Waals surface area (Å²) in [6.45, 7) is 0.512. The van der Waals surface area contributed by atoms with Gasteiger partial charge in [-0.1, -0.05) is 58.4 Å². The van der Waals surface area contributed by atoms with Crippen LogP contribution in [-0.2, 0) is 11.4 Å². The number of ether oxygens (including phenoxy) is 1. The average Bonchev–Trinajstić information content (AvgIpc) is 2.68. The van der Waals surface area contributed by atoms with Gasteiger partial charge < -0.3 is 10.1 Å². The van der Waals surface area contributed by atoms with E-state index in [1.807, 2.05) is 78.9 Å². The normalized spacial score (nSPS) is 10.7. The molecule has 3 nitrogen and oxygen atoms in total. The van der Waals surface area contributed by atoms with Gasteiger partial charge in [-0.15, -0.1) is 0 Å². The highest BCUT2D eigenvalue weighted by atomic mass is 79.9. The summed E-state index contributed by atoms with van der Waals surface area (Å²) in [5, 5.41) is 2.82. The van der Waals surface area contributed by atoms with Crippen molar-refractivity contribution in [1.82, 2.24) is 0 Å². The van der Waals surface area contributed by atoms with E-state index in [1.54, 1.807) is 6.08 Å². The highest BCUT2D eigenvalue weighted by molar-refractivity contribution is 9.10. The molecular formula is C22H18BrNO2. The van der Waals surface area contributed by atoms with Gasteiger partial charge in [-0.2, -0.15) is 0 Å². The number of benzene rings is 3. The molecule has 3 aromatic carbocycles. The van der Waals surface area contributed by atoms with E-state index in [-0.39, 0.29) is 5.91 Å². The number of nitrogens with one attached hydrogen (secondary N) is 1. The SMILES string of the molecule is O=C(/C=C/c1cccc(OCc2ccccc2)c1)Nc1ccc(Br)cc1. The minimum atomic E-state index is -0.178. The zero-order valence-electron chi connectivity index (χ0n) is 14.1. The zero-order chi connectivity index (χ0) is 18.2. The number of hydrogen-bond acceptors (Lipinski definition) is 2. The summed E-state index contributed by atoms with van der Waals surface area (Å²) >= 11 is 3.37. The van der Waals surface area contributed by atoms with E-state index in [0.717, 1.165) is 27.0 Å². The van der Waals surface area contributed by atoms with Gasteiger partial charge >= 0.3 is 0 Å². The molecule has 26 heavy (non-hydrogen) atoms. The van der Waals surface area contributed by atoms with Gasteiger partial charge in [0.15, 0.2) is 0 Å². The predicted octanol–water partition coefficient (Wildman–Crippen LogP) is 5.68. The Labute approximate surface area is 161 Å². The van der Waals surface area contributed by atoms with Crippen LogP contribution in [0.25, 0.3) is 6.08 Å². The van der Waals surface area contributed by atoms with Crippen molar-refractivity contribution in [2.75, 3.05) is 5.32 Å². The van der Waals surface area contributed by atoms with E-state index in [4.69, 9.17) is 4.74 Å². The van der Waals surface area contributed by atoms with Crippen LogP contribution in [-0.4, -0.2) is 5.91 Å². The highest BCUT2D eigenvalue weighted by Crippen LogP contribution is 2.17. The Hall–Kier alpha value is -2.85. The fourth-order valence-electron chi connectivity index (χ4n) is 2.34. The maximum absolute atomic E-state index is 12.0. The molecule has 0 fully saturated rings. The van der Waals surface area contributed by atoms with Crippen LogP contribution in [0.15, 0.2) is 89.4 Å². The van der Waals surface area contributed by atoms with E-state index in [1.165, 1.54) is 6.08 Å². The molecule has 0 heterocycles. The molecule has 0 atom stereocenters. The lowest BCUT2D eigenvalue weighted by Gasteiger charge is -2.07. The summed E-state index contributed by atoms with van der Waals surface area (Å²) in [5.41, 5.74) is 2.77. The lowest BCUT2D eigenvalue weighted by Crippen LogP contribution is -2.07. The standard InChI is InChI=1S/C22H18BrNO2/c23-19-10-12-20(13-11-19)24-22(25)14-9-17-7-4-8-21(15-17)26-16-18-5-2-1-3-6-18/h1-15H,16H2,(H,24,25)/b14-9+. The Balaban J connectivity index is 1.58. The number of rotatable bonds is 6. The predicted molar refractivity (Wildman–Crippen MR) is 109 cm³/mol. The molecule has 3 rings (SSSR count). The molecule has 0 unspecified atom stereocenters. The van der Waals surface area contributed by atoms with E-state index in [9.17, 15) is 4.79 Å². The van der Waals surface area contributed by atoms with Crippen molar-refractivity contribution in [3.8, 4) is 5.75 Å². The number of anilines is 1. The third-order valence-electron chi connectivity index (χ3n) is 3.65. The highest BCUT2D eigenvalue weighted by Gasteiger charge is 1.99. The van der Waals surface area contributed by atoms with Gasteiger partial charge in [0.25, 0.3) is 0 Å². The summed E-state index contributed by atoms with van der Waals surface area (Å²) in [5.74, 6) is 0.590. The first kappa shape index (κ1) is 18.0. The molecule has 0 radical (unpaired) electrons.